The average Bonchev–Trinajstić information content (AvgIpc) is 3.28. The van der Waals surface area contributed by atoms with E-state index in [9.17, 15) is 8.42 Å². The molecule has 4 aromatic carbocycles. The quantitative estimate of drug-likeness (QED) is 0.247. The number of benzene rings is 4. The number of hydrogen-bond acceptors (Lipinski definition) is 3. The summed E-state index contributed by atoms with van der Waals surface area (Å²) in [6.07, 6.45) is 1.96. The van der Waals surface area contributed by atoms with Crippen molar-refractivity contribution in [1.82, 2.24) is 0 Å². The predicted octanol–water partition coefficient (Wildman–Crippen LogP) is 7.78. The van der Waals surface area contributed by atoms with Gasteiger partial charge in [-0.15, -0.1) is 0 Å². The van der Waals surface area contributed by atoms with Gasteiger partial charge in [-0.1, -0.05) is 83.9 Å². The Kier molecular flexibility index (Phi) is 5.47. The molecule has 1 atom stereocenters. The van der Waals surface area contributed by atoms with Crippen LogP contribution in [0.25, 0.3) is 16.5 Å². The van der Waals surface area contributed by atoms with Crippen LogP contribution in [0.2, 0.25) is 5.02 Å². The molecule has 0 aliphatic carbocycles. The Bertz CT molecular complexity index is 1720. The summed E-state index contributed by atoms with van der Waals surface area (Å²) in [4.78, 5) is 0.227. The molecule has 4 nitrogen and oxygen atoms in total. The highest BCUT2D eigenvalue weighted by Crippen LogP contribution is 2.50. The fourth-order valence-corrected chi connectivity index (χ4v) is 6.53. The van der Waals surface area contributed by atoms with Gasteiger partial charge in [0.05, 0.1) is 10.9 Å². The highest BCUT2D eigenvalue weighted by molar-refractivity contribution is 7.92. The van der Waals surface area contributed by atoms with E-state index in [0.717, 1.165) is 27.6 Å². The minimum atomic E-state index is -3.96. The average molecular weight is 512 g/mol. The highest BCUT2D eigenvalue weighted by atomic mass is 35.5. The van der Waals surface area contributed by atoms with Gasteiger partial charge in [0.25, 0.3) is 10.0 Å². The lowest BCUT2D eigenvalue weighted by molar-refractivity contribution is 0.576. The molecule has 2 heterocycles. The first-order chi connectivity index (χ1) is 17.4. The third-order valence-corrected chi connectivity index (χ3v) is 8.50. The van der Waals surface area contributed by atoms with Crippen molar-refractivity contribution in [1.29, 1.82) is 0 Å². The van der Waals surface area contributed by atoms with Crippen LogP contribution in [0.15, 0.2) is 119 Å². The Hall–Kier alpha value is -3.80. The SMILES string of the molecule is Cc1ccc(S(=O)(=O)N2c3c(oc4ccccc34)C(c3cccc(Cl)c3)=CC2c2ccccc2)cc1. The van der Waals surface area contributed by atoms with Crippen molar-refractivity contribution in [2.24, 2.45) is 0 Å². The van der Waals surface area contributed by atoms with Crippen LogP contribution in [-0.2, 0) is 10.0 Å². The maximum absolute atomic E-state index is 14.3. The highest BCUT2D eigenvalue weighted by Gasteiger charge is 2.40. The third kappa shape index (κ3) is 3.72. The molecule has 36 heavy (non-hydrogen) atoms. The standard InChI is InChI=1S/C30H22ClNO3S/c1-20-14-16-24(17-15-20)36(33,34)32-27(21-8-3-2-4-9-21)19-26(22-10-7-11-23(31)18-22)30-29(32)25-12-5-6-13-28(25)35-30/h2-19,27H,1H3. The summed E-state index contributed by atoms with van der Waals surface area (Å²) in [6, 6.07) is 31.1. The Morgan fingerprint density at radius 2 is 1.56 bits per heavy atom. The number of rotatable bonds is 4. The smallest absolute Gasteiger partial charge is 0.265 e. The molecule has 1 aliphatic heterocycles. The molecule has 1 unspecified atom stereocenters. The van der Waals surface area contributed by atoms with Crippen molar-refractivity contribution in [3.63, 3.8) is 0 Å². The fraction of sp³-hybridized carbons (Fsp3) is 0.0667. The van der Waals surface area contributed by atoms with Crippen LogP contribution >= 0.6 is 11.6 Å². The zero-order valence-corrected chi connectivity index (χ0v) is 21.0. The zero-order valence-electron chi connectivity index (χ0n) is 19.4. The van der Waals surface area contributed by atoms with Gasteiger partial charge in [-0.2, -0.15) is 0 Å². The zero-order chi connectivity index (χ0) is 24.9. The van der Waals surface area contributed by atoms with E-state index in [-0.39, 0.29) is 4.90 Å². The minimum absolute atomic E-state index is 0.227. The van der Waals surface area contributed by atoms with E-state index in [2.05, 4.69) is 0 Å². The molecule has 0 N–H and O–H groups in total. The van der Waals surface area contributed by atoms with Crippen LogP contribution in [0, 0.1) is 6.92 Å². The molecule has 6 rings (SSSR count). The van der Waals surface area contributed by atoms with Crippen molar-refractivity contribution in [2.45, 2.75) is 17.9 Å². The molecule has 1 aliphatic rings. The van der Waals surface area contributed by atoms with Crippen LogP contribution < -0.4 is 4.31 Å². The normalized spacial score (nSPS) is 15.6. The second kappa shape index (κ2) is 8.70. The first-order valence-electron chi connectivity index (χ1n) is 11.6. The monoisotopic (exact) mass is 511 g/mol. The molecule has 178 valence electrons. The van der Waals surface area contributed by atoms with Gasteiger partial charge in [0.2, 0.25) is 0 Å². The number of anilines is 1. The summed E-state index contributed by atoms with van der Waals surface area (Å²) in [5, 5.41) is 1.33. The Morgan fingerprint density at radius 3 is 2.31 bits per heavy atom. The van der Waals surface area contributed by atoms with Crippen LogP contribution in [-0.4, -0.2) is 8.42 Å². The fourth-order valence-electron chi connectivity index (χ4n) is 4.73. The lowest BCUT2D eigenvalue weighted by Gasteiger charge is -2.35. The Balaban J connectivity index is 1.69. The molecule has 0 spiro atoms. The second-order valence-corrected chi connectivity index (χ2v) is 11.1. The van der Waals surface area contributed by atoms with Crippen LogP contribution in [0.1, 0.15) is 28.5 Å². The maximum atomic E-state index is 14.3. The maximum Gasteiger partial charge on any atom is 0.265 e. The van der Waals surface area contributed by atoms with Crippen LogP contribution in [0.4, 0.5) is 5.69 Å². The molecular formula is C30H22ClNO3S. The van der Waals surface area contributed by atoms with Crippen LogP contribution in [0.3, 0.4) is 0 Å². The van der Waals surface area contributed by atoms with E-state index in [1.807, 2.05) is 104 Å². The summed E-state index contributed by atoms with van der Waals surface area (Å²) in [6.45, 7) is 1.94. The van der Waals surface area contributed by atoms with E-state index in [0.29, 0.717) is 22.1 Å². The van der Waals surface area contributed by atoms with Gasteiger partial charge >= 0.3 is 0 Å². The molecule has 0 saturated carbocycles. The van der Waals surface area contributed by atoms with Gasteiger partial charge in [-0.3, -0.25) is 4.31 Å². The minimum Gasteiger partial charge on any atom is -0.454 e. The molecule has 0 radical (unpaired) electrons. The number of para-hydroxylation sites is 1. The molecule has 6 heteroatoms. The third-order valence-electron chi connectivity index (χ3n) is 6.47. The van der Waals surface area contributed by atoms with E-state index >= 15 is 0 Å². The van der Waals surface area contributed by atoms with E-state index in [4.69, 9.17) is 16.0 Å². The summed E-state index contributed by atoms with van der Waals surface area (Å²) in [5.41, 5.74) is 4.64. The molecular weight excluding hydrogens is 490 g/mol. The van der Waals surface area contributed by atoms with Gasteiger partial charge in [-0.05, 0) is 60.5 Å². The number of furan rings is 1. The number of fused-ring (bicyclic) bond motifs is 3. The molecule has 0 amide bonds. The molecule has 1 aromatic heterocycles. The molecule has 5 aromatic rings. The van der Waals surface area contributed by atoms with Gasteiger partial charge in [0.15, 0.2) is 5.76 Å². The summed E-state index contributed by atoms with van der Waals surface area (Å²) in [5.74, 6) is 0.501. The molecule has 0 fully saturated rings. The Morgan fingerprint density at radius 1 is 0.833 bits per heavy atom. The van der Waals surface area contributed by atoms with Gasteiger partial charge in [-0.25, -0.2) is 8.42 Å². The number of nitrogens with zero attached hydrogens (tertiary/aromatic N) is 1. The first kappa shape index (κ1) is 22.7. The van der Waals surface area contributed by atoms with E-state index in [1.165, 1.54) is 4.31 Å². The summed E-state index contributed by atoms with van der Waals surface area (Å²) < 4.78 is 36.5. The van der Waals surface area contributed by atoms with E-state index in [1.54, 1.807) is 12.1 Å². The second-order valence-electron chi connectivity index (χ2n) is 8.84. The van der Waals surface area contributed by atoms with Crippen molar-refractivity contribution in [2.75, 3.05) is 4.31 Å². The van der Waals surface area contributed by atoms with Crippen molar-refractivity contribution in [3.05, 3.63) is 137 Å². The Labute approximate surface area is 215 Å². The molecule has 0 bridgehead atoms. The van der Waals surface area contributed by atoms with Crippen molar-refractivity contribution >= 4 is 43.9 Å². The molecule has 0 saturated heterocycles. The summed E-state index contributed by atoms with van der Waals surface area (Å²) in [7, 11) is -3.96. The largest absolute Gasteiger partial charge is 0.454 e. The van der Waals surface area contributed by atoms with Gasteiger partial charge in [0.1, 0.15) is 11.3 Å². The van der Waals surface area contributed by atoms with E-state index < -0.39 is 16.1 Å². The number of aryl methyl sites for hydroxylation is 1. The number of sulfonamides is 1. The number of hydrogen-bond donors (Lipinski definition) is 0. The first-order valence-corrected chi connectivity index (χ1v) is 13.4. The lowest BCUT2D eigenvalue weighted by atomic mass is 9.93. The predicted molar refractivity (Wildman–Crippen MR) is 145 cm³/mol. The summed E-state index contributed by atoms with van der Waals surface area (Å²) >= 11 is 6.35. The van der Waals surface area contributed by atoms with Gasteiger partial charge in [0, 0.05) is 16.0 Å². The number of halogens is 1. The topological polar surface area (TPSA) is 50.5 Å². The van der Waals surface area contributed by atoms with Crippen LogP contribution in [0.5, 0.6) is 0 Å². The van der Waals surface area contributed by atoms with Crippen molar-refractivity contribution < 1.29 is 12.8 Å². The van der Waals surface area contributed by atoms with Gasteiger partial charge < -0.3 is 4.42 Å². The lowest BCUT2D eigenvalue weighted by Crippen LogP contribution is -2.36. The van der Waals surface area contributed by atoms with Crippen molar-refractivity contribution in [3.8, 4) is 0 Å².